The van der Waals surface area contributed by atoms with Crippen molar-refractivity contribution in [1.82, 2.24) is 19.9 Å². The molecule has 3 atom stereocenters. The number of phenolic OH excluding ortho intramolecular Hbond substituents is 1. The summed E-state index contributed by atoms with van der Waals surface area (Å²) in [6.45, 7) is 2.24. The number of anilines is 1. The molecule has 2 aromatic carbocycles. The summed E-state index contributed by atoms with van der Waals surface area (Å²) in [4.78, 5) is 18.4. The van der Waals surface area contributed by atoms with E-state index in [-0.39, 0.29) is 35.5 Å². The molecule has 8 nitrogen and oxygen atoms in total. The Morgan fingerprint density at radius 3 is 2.88 bits per heavy atom. The number of hydrogen-bond acceptors (Lipinski definition) is 8. The monoisotopic (exact) mass is 571 g/mol. The molecule has 4 aromatic rings. The number of phenols is 1. The molecule has 3 aliphatic heterocycles. The maximum atomic E-state index is 14.8. The van der Waals surface area contributed by atoms with Crippen LogP contribution in [0, 0.1) is 18.2 Å². The van der Waals surface area contributed by atoms with E-state index in [0.29, 0.717) is 64.9 Å². The molecular formula is C32H31F2N5O3. The molecule has 0 saturated carbocycles. The lowest BCUT2D eigenvalue weighted by atomic mass is 9.95. The van der Waals surface area contributed by atoms with Crippen LogP contribution in [-0.2, 0) is 0 Å². The van der Waals surface area contributed by atoms with Crippen molar-refractivity contribution in [3.05, 3.63) is 47.9 Å². The van der Waals surface area contributed by atoms with E-state index < -0.39 is 12.0 Å². The van der Waals surface area contributed by atoms with Gasteiger partial charge < -0.3 is 19.8 Å². The lowest BCUT2D eigenvalue weighted by Crippen LogP contribution is -2.43. The maximum absolute atomic E-state index is 14.8. The van der Waals surface area contributed by atoms with Crippen molar-refractivity contribution in [2.24, 2.45) is 0 Å². The Balaban J connectivity index is 1.37. The Labute approximate surface area is 242 Å². The molecule has 0 bridgehead atoms. The molecule has 7 rings (SSSR count). The lowest BCUT2D eigenvalue weighted by molar-refractivity contribution is 0.107. The van der Waals surface area contributed by atoms with Gasteiger partial charge in [0.15, 0.2) is 0 Å². The Kier molecular flexibility index (Phi) is 6.59. The van der Waals surface area contributed by atoms with Gasteiger partial charge in [-0.25, -0.2) is 18.7 Å². The first-order valence-electron chi connectivity index (χ1n) is 14.4. The van der Waals surface area contributed by atoms with Crippen LogP contribution in [-0.4, -0.2) is 80.7 Å². The maximum Gasteiger partial charge on any atom is 0.316 e. The lowest BCUT2D eigenvalue weighted by Gasteiger charge is -2.30. The Hall–Kier alpha value is -4.07. The summed E-state index contributed by atoms with van der Waals surface area (Å²) >= 11 is 0. The highest BCUT2D eigenvalue weighted by Crippen LogP contribution is 2.41. The number of hydrogen-bond donors (Lipinski definition) is 2. The first-order chi connectivity index (χ1) is 20.4. The van der Waals surface area contributed by atoms with E-state index in [1.165, 1.54) is 18.2 Å². The predicted octanol–water partition coefficient (Wildman–Crippen LogP) is 4.59. The highest BCUT2D eigenvalue weighted by atomic mass is 19.1. The van der Waals surface area contributed by atoms with Crippen LogP contribution < -0.4 is 9.64 Å². The summed E-state index contributed by atoms with van der Waals surface area (Å²) in [6.07, 6.45) is 10.5. The number of alkyl halides is 1. The van der Waals surface area contributed by atoms with E-state index >= 15 is 0 Å². The first-order valence-corrected chi connectivity index (χ1v) is 14.4. The second-order valence-corrected chi connectivity index (χ2v) is 11.6. The van der Waals surface area contributed by atoms with Gasteiger partial charge in [-0.3, -0.25) is 4.90 Å². The topological polar surface area (TPSA) is 94.8 Å². The number of nitrogens with zero attached hydrogens (tertiary/aromatic N) is 5. The minimum Gasteiger partial charge on any atom is -0.508 e. The Morgan fingerprint density at radius 1 is 1.17 bits per heavy atom. The third-order valence-corrected chi connectivity index (χ3v) is 9.10. The number of aliphatic hydroxyl groups is 1. The van der Waals surface area contributed by atoms with Gasteiger partial charge in [0.05, 0.1) is 40.3 Å². The standard InChI is InChI=1S/C32H31F2N5O3/c1-2-23-26(34)7-6-19-11-22(41)12-24(29(19)23)27-13-28-25(30(36-27)39-10-3-5-21(39)17-40)15-35-31(37-28)42-18-32-8-4-9-38(32)16-20(33)14-32/h1,6-7,11-13,15,20-21,40-41H,3-5,8-10,14,16-18H2/t20-,21-,32+/m1/s1. The van der Waals surface area contributed by atoms with Crippen molar-refractivity contribution in [2.45, 2.75) is 49.9 Å². The summed E-state index contributed by atoms with van der Waals surface area (Å²) in [5.41, 5.74) is 1.17. The van der Waals surface area contributed by atoms with Crippen LogP contribution in [0.25, 0.3) is 32.9 Å². The molecule has 3 aliphatic rings. The summed E-state index contributed by atoms with van der Waals surface area (Å²) in [5, 5.41) is 22.4. The van der Waals surface area contributed by atoms with Crippen LogP contribution in [0.3, 0.4) is 0 Å². The van der Waals surface area contributed by atoms with Gasteiger partial charge in [0.1, 0.15) is 30.2 Å². The molecule has 0 spiro atoms. The molecule has 0 radical (unpaired) electrons. The van der Waals surface area contributed by atoms with Gasteiger partial charge in [0, 0.05) is 36.7 Å². The van der Waals surface area contributed by atoms with Gasteiger partial charge in [0.25, 0.3) is 0 Å². The number of aliphatic hydroxyl groups excluding tert-OH is 1. The van der Waals surface area contributed by atoms with E-state index in [1.807, 2.05) is 4.90 Å². The van der Waals surface area contributed by atoms with Gasteiger partial charge in [0.2, 0.25) is 0 Å². The minimum absolute atomic E-state index is 0.0141. The highest BCUT2D eigenvalue weighted by molar-refractivity contribution is 6.03. The van der Waals surface area contributed by atoms with Crippen LogP contribution in [0.15, 0.2) is 36.5 Å². The molecule has 5 heterocycles. The van der Waals surface area contributed by atoms with Gasteiger partial charge in [-0.05, 0) is 61.9 Å². The van der Waals surface area contributed by atoms with Crippen LogP contribution in [0.5, 0.6) is 11.8 Å². The average molecular weight is 572 g/mol. The zero-order valence-electron chi connectivity index (χ0n) is 23.1. The molecule has 2 aromatic heterocycles. The van der Waals surface area contributed by atoms with Crippen molar-refractivity contribution in [3.8, 4) is 35.4 Å². The van der Waals surface area contributed by atoms with E-state index in [0.717, 1.165) is 32.2 Å². The van der Waals surface area contributed by atoms with Crippen molar-refractivity contribution in [1.29, 1.82) is 0 Å². The van der Waals surface area contributed by atoms with E-state index in [4.69, 9.17) is 21.1 Å². The van der Waals surface area contributed by atoms with E-state index in [1.54, 1.807) is 18.3 Å². The second-order valence-electron chi connectivity index (χ2n) is 11.6. The van der Waals surface area contributed by atoms with Gasteiger partial charge in [-0.15, -0.1) is 6.42 Å². The van der Waals surface area contributed by atoms with Crippen molar-refractivity contribution in [3.63, 3.8) is 0 Å². The Bertz CT molecular complexity index is 1740. The summed E-state index contributed by atoms with van der Waals surface area (Å²) < 4.78 is 35.3. The van der Waals surface area contributed by atoms with E-state index in [9.17, 15) is 19.0 Å². The average Bonchev–Trinajstić information content (AvgIpc) is 3.69. The predicted molar refractivity (Wildman–Crippen MR) is 156 cm³/mol. The number of pyridine rings is 1. The largest absolute Gasteiger partial charge is 0.508 e. The SMILES string of the molecule is C#Cc1c(F)ccc2cc(O)cc(-c3cc4nc(OC[C@@]56CCCN5C[C@H](F)C6)ncc4c(N4CCC[C@@H]4CO)n3)c12. The van der Waals surface area contributed by atoms with Crippen LogP contribution in [0.4, 0.5) is 14.6 Å². The number of terminal acetylenes is 1. The molecule has 42 heavy (non-hydrogen) atoms. The molecule has 3 saturated heterocycles. The van der Waals surface area contributed by atoms with Gasteiger partial charge in [-0.2, -0.15) is 4.98 Å². The molecule has 3 fully saturated rings. The fourth-order valence-electron chi connectivity index (χ4n) is 7.14. The van der Waals surface area contributed by atoms with Crippen LogP contribution in [0.1, 0.15) is 37.7 Å². The molecule has 216 valence electrons. The normalized spacial score (nSPS) is 24.0. The number of ether oxygens (including phenoxy) is 1. The molecule has 0 unspecified atom stereocenters. The first kappa shape index (κ1) is 26.8. The zero-order chi connectivity index (χ0) is 29.0. The number of benzene rings is 2. The summed E-state index contributed by atoms with van der Waals surface area (Å²) in [7, 11) is 0. The number of fused-ring (bicyclic) bond motifs is 3. The third-order valence-electron chi connectivity index (χ3n) is 9.10. The fourth-order valence-corrected chi connectivity index (χ4v) is 7.14. The zero-order valence-corrected chi connectivity index (χ0v) is 23.1. The summed E-state index contributed by atoms with van der Waals surface area (Å²) in [6, 6.07) is 7.71. The summed E-state index contributed by atoms with van der Waals surface area (Å²) in [5.74, 6) is 2.48. The van der Waals surface area contributed by atoms with Crippen molar-refractivity contribution in [2.75, 3.05) is 37.7 Å². The van der Waals surface area contributed by atoms with Gasteiger partial charge >= 0.3 is 6.01 Å². The minimum atomic E-state index is -0.864. The molecule has 10 heteroatoms. The molecule has 2 N–H and O–H groups in total. The van der Waals surface area contributed by atoms with Crippen molar-refractivity contribution >= 4 is 27.5 Å². The Morgan fingerprint density at radius 2 is 2.05 bits per heavy atom. The fraction of sp³-hybridized carbons (Fsp3) is 0.406. The second kappa shape index (κ2) is 10.3. The van der Waals surface area contributed by atoms with Gasteiger partial charge in [-0.1, -0.05) is 12.0 Å². The van der Waals surface area contributed by atoms with Crippen molar-refractivity contribution < 1.29 is 23.7 Å². The molecular weight excluding hydrogens is 540 g/mol. The van der Waals surface area contributed by atoms with E-state index in [2.05, 4.69) is 15.8 Å². The number of aromatic nitrogens is 3. The molecule has 0 aliphatic carbocycles. The van der Waals surface area contributed by atoms with Crippen LogP contribution >= 0.6 is 0 Å². The quantitative estimate of drug-likeness (QED) is 0.325. The number of rotatable bonds is 6. The van der Waals surface area contributed by atoms with Crippen LogP contribution in [0.2, 0.25) is 0 Å². The number of halogens is 2. The third kappa shape index (κ3) is 4.39. The smallest absolute Gasteiger partial charge is 0.316 e. The molecule has 0 amide bonds. The number of aromatic hydroxyl groups is 1. The highest BCUT2D eigenvalue weighted by Gasteiger charge is 2.49.